The Balaban J connectivity index is 2.32. The lowest BCUT2D eigenvalue weighted by Crippen LogP contribution is -2.20. The fraction of sp³-hybridized carbons (Fsp3) is 0. The second kappa shape index (κ2) is 1.18. The topological polar surface area (TPSA) is 47.3 Å². The average molecular weight is 85.1 g/mol. The van der Waals surface area contributed by atoms with Gasteiger partial charge in [-0.1, -0.05) is 0 Å². The summed E-state index contributed by atoms with van der Waals surface area (Å²) in [5.74, 6) is 0. The Morgan fingerprint density at radius 1 is 1.83 bits per heavy atom. The van der Waals surface area contributed by atoms with Crippen molar-refractivity contribution in [3.63, 3.8) is 0 Å². The molecule has 0 amide bonds. The maximum atomic E-state index is 5.06. The van der Waals surface area contributed by atoms with Crippen LogP contribution in [0.25, 0.3) is 0 Å². The van der Waals surface area contributed by atoms with Gasteiger partial charge in [0.05, 0.1) is 0 Å². The molecule has 0 atom stereocenters. The summed E-state index contributed by atoms with van der Waals surface area (Å²) in [5.41, 5.74) is 5.06. The van der Waals surface area contributed by atoms with E-state index < -0.39 is 0 Å². The van der Waals surface area contributed by atoms with E-state index in [1.165, 1.54) is 6.26 Å². The van der Waals surface area contributed by atoms with Gasteiger partial charge in [-0.3, -0.25) is 5.73 Å². The predicted molar refractivity (Wildman–Crippen MR) is 20.8 cm³/mol. The average Bonchev–Trinajstić information content (AvgIpc) is 1.86. The third-order valence-electron chi connectivity index (χ3n) is 0.489. The molecular weight excluding hydrogens is 80.0 g/mol. The molecule has 0 fully saturated rings. The summed E-state index contributed by atoms with van der Waals surface area (Å²) in [4.78, 5) is 0. The lowest BCUT2D eigenvalue weighted by atomic mass is 10.9. The van der Waals surface area contributed by atoms with Crippen molar-refractivity contribution in [2.24, 2.45) is 5.73 Å². The minimum absolute atomic E-state index is 0.343. The molecule has 3 heteroatoms. The van der Waals surface area contributed by atoms with E-state index in [0.717, 1.165) is 0 Å². The standard InChI is InChI=1S/C3H5N2O/c4-3-5-1-2-6-3/h1-2,5H,4H2. The zero-order valence-corrected chi connectivity index (χ0v) is 3.14. The highest BCUT2D eigenvalue weighted by molar-refractivity contribution is 4.88. The van der Waals surface area contributed by atoms with E-state index in [9.17, 15) is 0 Å². The molecule has 3 nitrogen and oxygen atoms in total. The van der Waals surface area contributed by atoms with E-state index in [1.807, 2.05) is 0 Å². The molecule has 1 rings (SSSR count). The number of hydrogen-bond donors (Lipinski definition) is 2. The van der Waals surface area contributed by atoms with Crippen LogP contribution in [0.1, 0.15) is 0 Å². The summed E-state index contributed by atoms with van der Waals surface area (Å²) in [6.07, 6.45) is 3.44. The highest BCUT2D eigenvalue weighted by atomic mass is 16.5. The zero-order chi connectivity index (χ0) is 4.41. The van der Waals surface area contributed by atoms with Crippen LogP contribution < -0.4 is 11.1 Å². The molecule has 1 aliphatic heterocycles. The number of rotatable bonds is 0. The first kappa shape index (κ1) is 3.49. The van der Waals surface area contributed by atoms with E-state index in [4.69, 9.17) is 5.73 Å². The summed E-state index contributed by atoms with van der Waals surface area (Å²) in [7, 11) is 0. The molecule has 0 bridgehead atoms. The van der Waals surface area contributed by atoms with Crippen molar-refractivity contribution in [3.05, 3.63) is 18.8 Å². The van der Waals surface area contributed by atoms with Gasteiger partial charge in [0.1, 0.15) is 6.26 Å². The van der Waals surface area contributed by atoms with Crippen LogP contribution in [-0.4, -0.2) is 0 Å². The third-order valence-corrected chi connectivity index (χ3v) is 0.489. The van der Waals surface area contributed by atoms with Crippen molar-refractivity contribution in [1.29, 1.82) is 0 Å². The molecule has 1 aliphatic rings. The van der Waals surface area contributed by atoms with Crippen LogP contribution in [0.4, 0.5) is 0 Å². The molecule has 3 N–H and O–H groups in total. The summed E-state index contributed by atoms with van der Waals surface area (Å²) in [6.45, 7) is 0. The van der Waals surface area contributed by atoms with Crippen LogP contribution in [0.3, 0.4) is 0 Å². The molecular formula is C3H5N2O. The van der Waals surface area contributed by atoms with Crippen LogP contribution in [-0.2, 0) is 4.74 Å². The molecule has 0 aromatic rings. The molecule has 0 aliphatic carbocycles. The first-order valence-electron chi connectivity index (χ1n) is 1.60. The van der Waals surface area contributed by atoms with Crippen LogP contribution >= 0.6 is 0 Å². The summed E-state index contributed by atoms with van der Waals surface area (Å²) < 4.78 is 4.56. The van der Waals surface area contributed by atoms with E-state index in [2.05, 4.69) is 10.1 Å². The Hall–Kier alpha value is -0.700. The largest absolute Gasteiger partial charge is 0.454 e. The lowest BCUT2D eigenvalue weighted by molar-refractivity contribution is 0.265. The quantitative estimate of drug-likeness (QED) is 0.416. The smallest absolute Gasteiger partial charge is 0.311 e. The van der Waals surface area contributed by atoms with Crippen molar-refractivity contribution in [3.8, 4) is 0 Å². The number of ether oxygens (including phenoxy) is 1. The van der Waals surface area contributed by atoms with Gasteiger partial charge in [-0.25, -0.2) is 0 Å². The fourth-order valence-corrected chi connectivity index (χ4v) is 0.257. The maximum absolute atomic E-state index is 5.06. The molecule has 0 unspecified atom stereocenters. The van der Waals surface area contributed by atoms with Gasteiger partial charge in [-0.15, -0.1) is 0 Å². The van der Waals surface area contributed by atoms with Crippen LogP contribution in [0.2, 0.25) is 0 Å². The Morgan fingerprint density at radius 2 is 2.67 bits per heavy atom. The predicted octanol–water partition coefficient (Wildman–Crippen LogP) is -0.517. The first-order valence-corrected chi connectivity index (χ1v) is 1.60. The highest BCUT2D eigenvalue weighted by Gasteiger charge is 2.01. The first-order chi connectivity index (χ1) is 2.89. The van der Waals surface area contributed by atoms with Crippen molar-refractivity contribution in [1.82, 2.24) is 5.32 Å². The Kier molecular flexibility index (Phi) is 0.686. The normalized spacial score (nSPS) is 20.2. The monoisotopic (exact) mass is 85.0 g/mol. The van der Waals surface area contributed by atoms with E-state index in [0.29, 0.717) is 6.35 Å². The Bertz CT molecular complexity index is 63.2. The molecule has 1 heterocycles. The Labute approximate surface area is 35.8 Å². The van der Waals surface area contributed by atoms with Crippen molar-refractivity contribution in [2.75, 3.05) is 0 Å². The van der Waals surface area contributed by atoms with Gasteiger partial charge in [0.15, 0.2) is 0 Å². The highest BCUT2D eigenvalue weighted by Crippen LogP contribution is 1.93. The minimum atomic E-state index is 0.343. The van der Waals surface area contributed by atoms with Gasteiger partial charge in [-0.05, 0) is 0 Å². The number of nitrogens with two attached hydrogens (primary N) is 1. The van der Waals surface area contributed by atoms with Gasteiger partial charge < -0.3 is 10.1 Å². The maximum Gasteiger partial charge on any atom is 0.311 e. The summed E-state index contributed by atoms with van der Waals surface area (Å²) in [5, 5.41) is 2.61. The summed E-state index contributed by atoms with van der Waals surface area (Å²) >= 11 is 0. The van der Waals surface area contributed by atoms with Crippen molar-refractivity contribution >= 4 is 0 Å². The number of nitrogens with one attached hydrogen (secondary N) is 1. The minimum Gasteiger partial charge on any atom is -0.454 e. The molecule has 0 spiro atoms. The van der Waals surface area contributed by atoms with Crippen molar-refractivity contribution in [2.45, 2.75) is 0 Å². The van der Waals surface area contributed by atoms with E-state index >= 15 is 0 Å². The molecule has 0 aromatic heterocycles. The summed E-state index contributed by atoms with van der Waals surface area (Å²) in [6, 6.07) is 0. The second-order valence-corrected chi connectivity index (χ2v) is 0.929. The Morgan fingerprint density at radius 3 is 2.83 bits per heavy atom. The second-order valence-electron chi connectivity index (χ2n) is 0.929. The van der Waals surface area contributed by atoms with Crippen molar-refractivity contribution < 1.29 is 4.74 Å². The zero-order valence-electron chi connectivity index (χ0n) is 3.14. The van der Waals surface area contributed by atoms with Crippen LogP contribution in [0.15, 0.2) is 12.5 Å². The van der Waals surface area contributed by atoms with Gasteiger partial charge in [0.2, 0.25) is 0 Å². The molecule has 0 saturated heterocycles. The van der Waals surface area contributed by atoms with Crippen LogP contribution in [0.5, 0.6) is 0 Å². The third kappa shape index (κ3) is 0.440. The molecule has 0 saturated carbocycles. The van der Waals surface area contributed by atoms with E-state index in [1.54, 1.807) is 6.20 Å². The number of hydrogen-bond acceptors (Lipinski definition) is 3. The van der Waals surface area contributed by atoms with Gasteiger partial charge in [-0.2, -0.15) is 0 Å². The van der Waals surface area contributed by atoms with Gasteiger partial charge in [0, 0.05) is 6.20 Å². The molecule has 33 valence electrons. The van der Waals surface area contributed by atoms with Crippen LogP contribution in [0, 0.1) is 6.35 Å². The molecule has 1 radical (unpaired) electrons. The fourth-order valence-electron chi connectivity index (χ4n) is 0.257. The molecule has 6 heavy (non-hydrogen) atoms. The van der Waals surface area contributed by atoms with E-state index in [-0.39, 0.29) is 0 Å². The van der Waals surface area contributed by atoms with Gasteiger partial charge >= 0.3 is 6.35 Å². The lowest BCUT2D eigenvalue weighted by Gasteiger charge is -1.96. The SMILES string of the molecule is N[C]1NC=CO1. The van der Waals surface area contributed by atoms with Gasteiger partial charge in [0.25, 0.3) is 0 Å². The molecule has 0 aromatic carbocycles.